The first-order chi connectivity index (χ1) is 6.29. The quantitative estimate of drug-likeness (QED) is 0.459. The number of fused-ring (bicyclic) bond motifs is 1. The van der Waals surface area contributed by atoms with Crippen LogP contribution in [-0.2, 0) is 13.0 Å². The molecule has 1 aliphatic rings. The molecule has 0 saturated heterocycles. The smallest absolute Gasteiger partial charge is 0.237 e. The molecule has 0 unspecified atom stereocenters. The number of hydrogen-bond acceptors (Lipinski definition) is 5. The van der Waals surface area contributed by atoms with Crippen LogP contribution >= 0.6 is 0 Å². The number of aromatic nitrogens is 2. The molecular formula is C8H13N5. The predicted octanol–water partition coefficient (Wildman–Crippen LogP) is -0.250. The van der Waals surface area contributed by atoms with Gasteiger partial charge in [0.25, 0.3) is 0 Å². The van der Waals surface area contributed by atoms with E-state index in [-0.39, 0.29) is 0 Å². The second-order valence-corrected chi connectivity index (χ2v) is 3.30. The lowest BCUT2D eigenvalue weighted by Crippen LogP contribution is -2.28. The van der Waals surface area contributed by atoms with Gasteiger partial charge in [-0.05, 0) is 7.05 Å². The summed E-state index contributed by atoms with van der Waals surface area (Å²) in [4.78, 5) is 10.6. The minimum Gasteiger partial charge on any atom is -0.302 e. The predicted molar refractivity (Wildman–Crippen MR) is 49.9 cm³/mol. The fourth-order valence-electron chi connectivity index (χ4n) is 1.53. The Morgan fingerprint density at radius 2 is 2.46 bits per heavy atom. The number of rotatable bonds is 1. The van der Waals surface area contributed by atoms with Crippen LogP contribution in [0.25, 0.3) is 0 Å². The van der Waals surface area contributed by atoms with Gasteiger partial charge in [-0.25, -0.2) is 15.8 Å². The number of hydrogen-bond donors (Lipinski definition) is 2. The molecule has 0 radical (unpaired) electrons. The Labute approximate surface area is 76.9 Å². The van der Waals surface area contributed by atoms with Crippen LogP contribution in [0.15, 0.2) is 6.20 Å². The van der Waals surface area contributed by atoms with Crippen molar-refractivity contribution in [3.05, 3.63) is 17.5 Å². The fourth-order valence-corrected chi connectivity index (χ4v) is 1.53. The van der Waals surface area contributed by atoms with Gasteiger partial charge in [0.1, 0.15) is 0 Å². The normalized spacial score (nSPS) is 16.8. The lowest BCUT2D eigenvalue weighted by atomic mass is 10.1. The first kappa shape index (κ1) is 8.40. The Morgan fingerprint density at radius 3 is 3.23 bits per heavy atom. The lowest BCUT2D eigenvalue weighted by Gasteiger charge is -2.23. The number of nitrogens with zero attached hydrogens (tertiary/aromatic N) is 3. The van der Waals surface area contributed by atoms with Gasteiger partial charge < -0.3 is 4.90 Å². The number of nitrogens with two attached hydrogens (primary N) is 1. The average molecular weight is 179 g/mol. The minimum absolute atomic E-state index is 0.503. The van der Waals surface area contributed by atoms with E-state index < -0.39 is 0 Å². The Bertz CT molecular complexity index is 311. The minimum atomic E-state index is 0.503. The molecule has 0 saturated carbocycles. The van der Waals surface area contributed by atoms with Gasteiger partial charge in [0, 0.05) is 31.3 Å². The molecule has 2 rings (SSSR count). The summed E-state index contributed by atoms with van der Waals surface area (Å²) in [6, 6.07) is 0. The molecule has 0 aromatic carbocycles. The van der Waals surface area contributed by atoms with Crippen molar-refractivity contribution in [2.45, 2.75) is 13.0 Å². The Hall–Kier alpha value is -1.20. The summed E-state index contributed by atoms with van der Waals surface area (Å²) in [6.45, 7) is 1.98. The molecule has 13 heavy (non-hydrogen) atoms. The molecule has 0 spiro atoms. The number of likely N-dealkylation sites (N-methyl/N-ethyl adjacent to an activating group) is 1. The number of nitrogens with one attached hydrogen (secondary N) is 1. The van der Waals surface area contributed by atoms with E-state index in [4.69, 9.17) is 5.84 Å². The van der Waals surface area contributed by atoms with E-state index in [0.717, 1.165) is 25.2 Å². The van der Waals surface area contributed by atoms with Gasteiger partial charge in [0.05, 0.1) is 5.69 Å². The van der Waals surface area contributed by atoms with E-state index in [1.54, 1.807) is 0 Å². The summed E-state index contributed by atoms with van der Waals surface area (Å²) in [6.07, 6.45) is 2.82. The van der Waals surface area contributed by atoms with Crippen LogP contribution in [0.2, 0.25) is 0 Å². The summed E-state index contributed by atoms with van der Waals surface area (Å²) >= 11 is 0. The molecule has 0 fully saturated rings. The summed E-state index contributed by atoms with van der Waals surface area (Å²) in [7, 11) is 2.10. The fraction of sp³-hybridized carbons (Fsp3) is 0.500. The largest absolute Gasteiger partial charge is 0.302 e. The number of nitrogen functional groups attached to an aromatic ring is 1. The highest BCUT2D eigenvalue weighted by atomic mass is 15.3. The molecule has 0 bridgehead atoms. The van der Waals surface area contributed by atoms with Crippen LogP contribution in [0.4, 0.5) is 5.95 Å². The van der Waals surface area contributed by atoms with E-state index in [1.807, 2.05) is 6.20 Å². The maximum atomic E-state index is 5.22. The van der Waals surface area contributed by atoms with E-state index in [9.17, 15) is 0 Å². The van der Waals surface area contributed by atoms with Gasteiger partial charge >= 0.3 is 0 Å². The molecule has 1 aliphatic heterocycles. The summed E-state index contributed by atoms with van der Waals surface area (Å²) in [5.74, 6) is 5.73. The van der Waals surface area contributed by atoms with Crippen LogP contribution in [0, 0.1) is 0 Å². The van der Waals surface area contributed by atoms with Gasteiger partial charge in [0.2, 0.25) is 5.95 Å². The van der Waals surface area contributed by atoms with Gasteiger partial charge in [-0.15, -0.1) is 0 Å². The maximum absolute atomic E-state index is 5.22. The SMILES string of the molecule is CN1CCc2nc(NN)ncc2C1. The maximum Gasteiger partial charge on any atom is 0.237 e. The van der Waals surface area contributed by atoms with E-state index >= 15 is 0 Å². The third-order valence-corrected chi connectivity index (χ3v) is 2.25. The van der Waals surface area contributed by atoms with Gasteiger partial charge in [-0.2, -0.15) is 0 Å². The highest BCUT2D eigenvalue weighted by Gasteiger charge is 2.14. The summed E-state index contributed by atoms with van der Waals surface area (Å²) in [5, 5.41) is 0. The van der Waals surface area contributed by atoms with Crippen molar-refractivity contribution in [1.29, 1.82) is 0 Å². The zero-order chi connectivity index (χ0) is 9.26. The van der Waals surface area contributed by atoms with Crippen molar-refractivity contribution < 1.29 is 0 Å². The zero-order valence-corrected chi connectivity index (χ0v) is 7.62. The molecule has 2 heterocycles. The van der Waals surface area contributed by atoms with Gasteiger partial charge in [-0.3, -0.25) is 5.43 Å². The van der Waals surface area contributed by atoms with Crippen LogP contribution in [0.5, 0.6) is 0 Å². The van der Waals surface area contributed by atoms with E-state index in [0.29, 0.717) is 5.95 Å². The molecule has 5 nitrogen and oxygen atoms in total. The van der Waals surface area contributed by atoms with E-state index in [2.05, 4.69) is 27.3 Å². The number of hydrazine groups is 1. The standard InChI is InChI=1S/C8H13N5/c1-13-3-2-7-6(5-13)4-10-8(11-7)12-9/h4H,2-3,5,9H2,1H3,(H,10,11,12). The molecular weight excluding hydrogens is 166 g/mol. The first-order valence-corrected chi connectivity index (χ1v) is 4.29. The van der Waals surface area contributed by atoms with E-state index in [1.165, 1.54) is 5.56 Å². The van der Waals surface area contributed by atoms with Crippen molar-refractivity contribution in [3.8, 4) is 0 Å². The average Bonchev–Trinajstić information content (AvgIpc) is 2.17. The Morgan fingerprint density at radius 1 is 1.62 bits per heavy atom. The first-order valence-electron chi connectivity index (χ1n) is 4.29. The highest BCUT2D eigenvalue weighted by Crippen LogP contribution is 2.15. The van der Waals surface area contributed by atoms with Crippen LogP contribution < -0.4 is 11.3 Å². The Balaban J connectivity index is 2.31. The zero-order valence-electron chi connectivity index (χ0n) is 7.62. The van der Waals surface area contributed by atoms with Crippen molar-refractivity contribution >= 4 is 5.95 Å². The van der Waals surface area contributed by atoms with Crippen molar-refractivity contribution in [1.82, 2.24) is 14.9 Å². The van der Waals surface area contributed by atoms with Crippen LogP contribution in [-0.4, -0.2) is 28.5 Å². The van der Waals surface area contributed by atoms with Gasteiger partial charge in [0.15, 0.2) is 0 Å². The van der Waals surface area contributed by atoms with Crippen LogP contribution in [0.1, 0.15) is 11.3 Å². The van der Waals surface area contributed by atoms with Crippen molar-refractivity contribution in [3.63, 3.8) is 0 Å². The molecule has 5 heteroatoms. The highest BCUT2D eigenvalue weighted by molar-refractivity contribution is 5.29. The Kier molecular flexibility index (Phi) is 2.12. The molecule has 70 valence electrons. The summed E-state index contributed by atoms with van der Waals surface area (Å²) < 4.78 is 0. The third-order valence-electron chi connectivity index (χ3n) is 2.25. The second-order valence-electron chi connectivity index (χ2n) is 3.30. The van der Waals surface area contributed by atoms with Crippen molar-refractivity contribution in [2.24, 2.45) is 5.84 Å². The van der Waals surface area contributed by atoms with Crippen molar-refractivity contribution in [2.75, 3.05) is 19.0 Å². The lowest BCUT2D eigenvalue weighted by molar-refractivity contribution is 0.309. The third kappa shape index (κ3) is 1.61. The summed E-state index contributed by atoms with van der Waals surface area (Å²) in [5.41, 5.74) is 4.77. The number of anilines is 1. The molecule has 0 aliphatic carbocycles. The van der Waals surface area contributed by atoms with Crippen LogP contribution in [0.3, 0.4) is 0 Å². The molecule has 3 N–H and O–H groups in total. The van der Waals surface area contributed by atoms with Gasteiger partial charge in [-0.1, -0.05) is 0 Å². The topological polar surface area (TPSA) is 67.1 Å². The molecule has 1 aromatic rings. The monoisotopic (exact) mass is 179 g/mol. The second kappa shape index (κ2) is 3.27. The molecule has 1 aromatic heterocycles. The molecule has 0 atom stereocenters. The molecule has 0 amide bonds.